The number of hydrogen-bond acceptors (Lipinski definition) is 4. The van der Waals surface area contributed by atoms with E-state index in [1.807, 2.05) is 23.2 Å². The molecule has 0 spiro atoms. The van der Waals surface area contributed by atoms with Gasteiger partial charge in [0, 0.05) is 37.8 Å². The lowest BCUT2D eigenvalue weighted by Crippen LogP contribution is -2.31. The summed E-state index contributed by atoms with van der Waals surface area (Å²) in [6.07, 6.45) is 11.9. The Bertz CT molecular complexity index is 588. The van der Waals surface area contributed by atoms with Crippen LogP contribution in [0.25, 0.3) is 0 Å². The monoisotopic (exact) mass is 282 g/mol. The molecule has 1 saturated heterocycles. The molecule has 1 atom stereocenters. The first-order valence-corrected chi connectivity index (χ1v) is 7.29. The van der Waals surface area contributed by atoms with Crippen LogP contribution in [0.2, 0.25) is 0 Å². The maximum atomic E-state index is 12.5. The van der Waals surface area contributed by atoms with Crippen molar-refractivity contribution in [2.24, 2.45) is 0 Å². The van der Waals surface area contributed by atoms with Crippen molar-refractivity contribution in [2.75, 3.05) is 6.54 Å². The second-order valence-corrected chi connectivity index (χ2v) is 5.24. The molecule has 2 aromatic rings. The number of pyridine rings is 1. The molecule has 5 heteroatoms. The first-order valence-electron chi connectivity index (χ1n) is 7.29. The molecule has 1 amide bonds. The average molecular weight is 282 g/mol. The Kier molecular flexibility index (Phi) is 4.19. The van der Waals surface area contributed by atoms with Crippen LogP contribution in [0, 0.1) is 0 Å². The third-order valence-electron chi connectivity index (χ3n) is 3.85. The summed E-state index contributed by atoms with van der Waals surface area (Å²) in [4.78, 5) is 26.9. The van der Waals surface area contributed by atoms with Crippen molar-refractivity contribution in [3.8, 4) is 0 Å². The van der Waals surface area contributed by atoms with E-state index in [1.165, 1.54) is 0 Å². The van der Waals surface area contributed by atoms with Crippen molar-refractivity contribution >= 4 is 5.91 Å². The van der Waals surface area contributed by atoms with E-state index in [2.05, 4.69) is 15.0 Å². The molecule has 3 heterocycles. The molecule has 0 unspecified atom stereocenters. The van der Waals surface area contributed by atoms with Crippen molar-refractivity contribution in [1.82, 2.24) is 19.9 Å². The summed E-state index contributed by atoms with van der Waals surface area (Å²) in [5, 5.41) is 0. The zero-order valence-corrected chi connectivity index (χ0v) is 11.9. The minimum Gasteiger partial charge on any atom is -0.334 e. The lowest BCUT2D eigenvalue weighted by Gasteiger charge is -2.24. The number of carbonyl (C=O) groups is 1. The van der Waals surface area contributed by atoms with Gasteiger partial charge in [-0.2, -0.15) is 0 Å². The van der Waals surface area contributed by atoms with Gasteiger partial charge in [0.05, 0.1) is 17.9 Å². The van der Waals surface area contributed by atoms with E-state index in [0.29, 0.717) is 6.42 Å². The van der Waals surface area contributed by atoms with E-state index in [9.17, 15) is 4.79 Å². The van der Waals surface area contributed by atoms with Gasteiger partial charge in [0.1, 0.15) is 0 Å². The largest absolute Gasteiger partial charge is 0.334 e. The van der Waals surface area contributed by atoms with Crippen molar-refractivity contribution in [3.63, 3.8) is 0 Å². The minimum atomic E-state index is 0.0834. The van der Waals surface area contributed by atoms with Gasteiger partial charge in [-0.3, -0.25) is 19.7 Å². The third-order valence-corrected chi connectivity index (χ3v) is 3.85. The Morgan fingerprint density at radius 3 is 2.90 bits per heavy atom. The van der Waals surface area contributed by atoms with Gasteiger partial charge in [-0.25, -0.2) is 0 Å². The molecule has 1 aliphatic rings. The van der Waals surface area contributed by atoms with Crippen LogP contribution in [0.15, 0.2) is 43.1 Å². The highest BCUT2D eigenvalue weighted by Gasteiger charge is 2.30. The second kappa shape index (κ2) is 6.43. The van der Waals surface area contributed by atoms with E-state index in [1.54, 1.807) is 24.8 Å². The normalized spacial score (nSPS) is 17.9. The molecule has 1 fully saturated rings. The molecular formula is C16H18N4O. The third kappa shape index (κ3) is 3.24. The van der Waals surface area contributed by atoms with Gasteiger partial charge < -0.3 is 4.90 Å². The van der Waals surface area contributed by atoms with Gasteiger partial charge in [-0.1, -0.05) is 6.07 Å². The molecule has 0 aromatic carbocycles. The number of aromatic nitrogens is 3. The van der Waals surface area contributed by atoms with Crippen LogP contribution in [0.4, 0.5) is 0 Å². The van der Waals surface area contributed by atoms with Gasteiger partial charge in [-0.15, -0.1) is 0 Å². The lowest BCUT2D eigenvalue weighted by molar-refractivity contribution is -0.132. The molecule has 0 radical (unpaired) electrons. The Hall–Kier alpha value is -2.30. The van der Waals surface area contributed by atoms with E-state index >= 15 is 0 Å². The number of hydrogen-bond donors (Lipinski definition) is 0. The highest BCUT2D eigenvalue weighted by atomic mass is 16.2. The Morgan fingerprint density at radius 2 is 2.14 bits per heavy atom. The van der Waals surface area contributed by atoms with Crippen LogP contribution < -0.4 is 0 Å². The predicted molar refractivity (Wildman–Crippen MR) is 78.3 cm³/mol. The number of amides is 1. The van der Waals surface area contributed by atoms with E-state index in [4.69, 9.17) is 0 Å². The lowest BCUT2D eigenvalue weighted by atomic mass is 10.1. The maximum Gasteiger partial charge on any atom is 0.223 e. The van der Waals surface area contributed by atoms with Crippen molar-refractivity contribution in [1.29, 1.82) is 0 Å². The maximum absolute atomic E-state index is 12.5. The molecule has 0 bridgehead atoms. The van der Waals surface area contributed by atoms with Crippen LogP contribution in [0.3, 0.4) is 0 Å². The Labute approximate surface area is 124 Å². The van der Waals surface area contributed by atoms with E-state index in [0.717, 1.165) is 37.1 Å². The van der Waals surface area contributed by atoms with Crippen LogP contribution >= 0.6 is 0 Å². The molecule has 1 aliphatic heterocycles. The minimum absolute atomic E-state index is 0.0834. The average Bonchev–Trinajstić information content (AvgIpc) is 3.04. The van der Waals surface area contributed by atoms with Crippen LogP contribution in [-0.4, -0.2) is 32.3 Å². The van der Waals surface area contributed by atoms with Crippen LogP contribution in [-0.2, 0) is 11.2 Å². The summed E-state index contributed by atoms with van der Waals surface area (Å²) in [6.45, 7) is 0.813. The second-order valence-electron chi connectivity index (χ2n) is 5.24. The summed E-state index contributed by atoms with van der Waals surface area (Å²) in [5.74, 6) is 0.187. The van der Waals surface area contributed by atoms with Crippen molar-refractivity contribution in [2.45, 2.75) is 31.7 Å². The molecule has 0 aliphatic carbocycles. The number of rotatable bonds is 4. The summed E-state index contributed by atoms with van der Waals surface area (Å²) >= 11 is 0. The summed E-state index contributed by atoms with van der Waals surface area (Å²) in [5.41, 5.74) is 1.99. The molecular weight excluding hydrogens is 264 g/mol. The van der Waals surface area contributed by atoms with Gasteiger partial charge >= 0.3 is 0 Å². The fourth-order valence-corrected chi connectivity index (χ4v) is 2.80. The number of carbonyl (C=O) groups excluding carboxylic acids is 1. The highest BCUT2D eigenvalue weighted by Crippen LogP contribution is 2.30. The first kappa shape index (κ1) is 13.7. The quantitative estimate of drug-likeness (QED) is 0.862. The van der Waals surface area contributed by atoms with Crippen molar-refractivity contribution in [3.05, 3.63) is 54.4 Å². The summed E-state index contributed by atoms with van der Waals surface area (Å²) in [7, 11) is 0. The molecule has 0 saturated carbocycles. The van der Waals surface area contributed by atoms with Crippen LogP contribution in [0.1, 0.15) is 36.6 Å². The SMILES string of the molecule is O=C(CCc1cccnc1)N1CCC[C@H]1c1cnccn1. The van der Waals surface area contributed by atoms with E-state index < -0.39 is 0 Å². The predicted octanol–water partition coefficient (Wildman–Crippen LogP) is 2.17. The summed E-state index contributed by atoms with van der Waals surface area (Å²) < 4.78 is 0. The molecule has 108 valence electrons. The fourth-order valence-electron chi connectivity index (χ4n) is 2.80. The van der Waals surface area contributed by atoms with Gasteiger partial charge in [-0.05, 0) is 30.9 Å². The molecule has 3 rings (SSSR count). The number of nitrogens with zero attached hydrogens (tertiary/aromatic N) is 4. The molecule has 21 heavy (non-hydrogen) atoms. The van der Waals surface area contributed by atoms with Gasteiger partial charge in [0.25, 0.3) is 0 Å². The van der Waals surface area contributed by atoms with Gasteiger partial charge in [0.15, 0.2) is 0 Å². The zero-order valence-electron chi connectivity index (χ0n) is 11.9. The number of aryl methyl sites for hydroxylation is 1. The standard InChI is InChI=1S/C16H18N4O/c21-16(6-5-13-3-1-7-17-11-13)20-10-2-4-15(20)14-12-18-8-9-19-14/h1,3,7-9,11-12,15H,2,4-6,10H2/t15-/m0/s1. The molecule has 2 aromatic heterocycles. The Balaban J connectivity index is 1.64. The fraction of sp³-hybridized carbons (Fsp3) is 0.375. The van der Waals surface area contributed by atoms with Gasteiger partial charge in [0.2, 0.25) is 5.91 Å². The highest BCUT2D eigenvalue weighted by molar-refractivity contribution is 5.77. The zero-order chi connectivity index (χ0) is 14.5. The number of likely N-dealkylation sites (tertiary alicyclic amines) is 1. The van der Waals surface area contributed by atoms with Crippen molar-refractivity contribution < 1.29 is 4.79 Å². The Morgan fingerprint density at radius 1 is 1.24 bits per heavy atom. The smallest absolute Gasteiger partial charge is 0.223 e. The van der Waals surface area contributed by atoms with E-state index in [-0.39, 0.29) is 11.9 Å². The first-order chi connectivity index (χ1) is 10.3. The summed E-state index contributed by atoms with van der Waals surface area (Å²) in [6, 6.07) is 3.99. The molecule has 5 nitrogen and oxygen atoms in total. The topological polar surface area (TPSA) is 59.0 Å². The molecule has 0 N–H and O–H groups in total. The van der Waals surface area contributed by atoms with Crippen LogP contribution in [0.5, 0.6) is 0 Å².